The second kappa shape index (κ2) is 6.64. The van der Waals surface area contributed by atoms with Gasteiger partial charge in [0.1, 0.15) is 0 Å². The number of hydrogen-bond donors (Lipinski definition) is 2. The van der Waals surface area contributed by atoms with Crippen molar-refractivity contribution in [2.24, 2.45) is 0 Å². The van der Waals surface area contributed by atoms with Crippen molar-refractivity contribution in [1.82, 2.24) is 4.72 Å². The molecular weight excluding hydrogens is 290 g/mol. The fraction of sp³-hybridized carbons (Fsp3) is 0.571. The molecule has 1 fully saturated rings. The van der Waals surface area contributed by atoms with Crippen LogP contribution in [0.5, 0.6) is 0 Å². The summed E-state index contributed by atoms with van der Waals surface area (Å²) < 4.78 is 32.1. The molecular formula is C14H23N3O3S. The number of ether oxygens (including phenoxy) is 1. The highest BCUT2D eigenvalue weighted by molar-refractivity contribution is 7.89. The smallest absolute Gasteiger partial charge is 0.240 e. The molecule has 1 aromatic carbocycles. The van der Waals surface area contributed by atoms with Crippen molar-refractivity contribution >= 4 is 21.4 Å². The van der Waals surface area contributed by atoms with Crippen molar-refractivity contribution < 1.29 is 13.2 Å². The molecule has 6 nitrogen and oxygen atoms in total. The van der Waals surface area contributed by atoms with Gasteiger partial charge in [-0.05, 0) is 31.0 Å². The van der Waals surface area contributed by atoms with Gasteiger partial charge >= 0.3 is 0 Å². The molecule has 7 heteroatoms. The Bertz CT molecular complexity index is 583. The summed E-state index contributed by atoms with van der Waals surface area (Å²) in [7, 11) is -1.52. The number of hydrogen-bond acceptors (Lipinski definition) is 5. The first kappa shape index (κ1) is 16.1. The number of nitrogen functional groups attached to an aromatic ring is 1. The summed E-state index contributed by atoms with van der Waals surface area (Å²) in [4.78, 5) is 2.30. The molecule has 1 aliphatic heterocycles. The lowest BCUT2D eigenvalue weighted by Crippen LogP contribution is -2.37. The van der Waals surface area contributed by atoms with Gasteiger partial charge in [0, 0.05) is 32.8 Å². The van der Waals surface area contributed by atoms with E-state index in [2.05, 4.69) is 9.62 Å². The summed E-state index contributed by atoms with van der Waals surface area (Å²) in [5, 5.41) is 0. The monoisotopic (exact) mass is 313 g/mol. The van der Waals surface area contributed by atoms with Gasteiger partial charge in [0.2, 0.25) is 10.0 Å². The largest absolute Gasteiger partial charge is 0.397 e. The van der Waals surface area contributed by atoms with Gasteiger partial charge in [-0.1, -0.05) is 6.92 Å². The van der Waals surface area contributed by atoms with E-state index in [1.54, 1.807) is 19.1 Å². The Kier molecular flexibility index (Phi) is 5.08. The number of sulfonamides is 1. The summed E-state index contributed by atoms with van der Waals surface area (Å²) in [6.45, 7) is 3.57. The minimum Gasteiger partial charge on any atom is -0.397 e. The first-order valence-corrected chi connectivity index (χ1v) is 8.63. The van der Waals surface area contributed by atoms with Crippen molar-refractivity contribution in [1.29, 1.82) is 0 Å². The third-order valence-electron chi connectivity index (χ3n) is 3.77. The molecule has 0 spiro atoms. The highest BCUT2D eigenvalue weighted by atomic mass is 32.2. The van der Waals surface area contributed by atoms with Crippen LogP contribution in [-0.4, -0.2) is 41.3 Å². The second-order valence-corrected chi connectivity index (χ2v) is 6.94. The van der Waals surface area contributed by atoms with Gasteiger partial charge in [-0.15, -0.1) is 0 Å². The molecule has 118 valence electrons. The highest BCUT2D eigenvalue weighted by Crippen LogP contribution is 2.29. The topological polar surface area (TPSA) is 84.7 Å². The lowest BCUT2D eigenvalue weighted by atomic mass is 10.1. The third-order valence-corrected chi connectivity index (χ3v) is 5.31. The van der Waals surface area contributed by atoms with Crippen molar-refractivity contribution in [3.05, 3.63) is 18.2 Å². The van der Waals surface area contributed by atoms with Gasteiger partial charge < -0.3 is 15.4 Å². The van der Waals surface area contributed by atoms with E-state index < -0.39 is 10.0 Å². The SMILES string of the molecule is CCNS(=O)(=O)c1ccc(N)c(N(C)C2CCOCC2)c1. The summed E-state index contributed by atoms with van der Waals surface area (Å²) in [6.07, 6.45) is 1.83. The molecule has 3 N–H and O–H groups in total. The Morgan fingerprint density at radius 2 is 2.05 bits per heavy atom. The molecule has 0 radical (unpaired) electrons. The fourth-order valence-corrected chi connectivity index (χ4v) is 3.60. The van der Waals surface area contributed by atoms with Gasteiger partial charge in [0.05, 0.1) is 16.3 Å². The van der Waals surface area contributed by atoms with E-state index in [0.717, 1.165) is 31.7 Å². The van der Waals surface area contributed by atoms with Crippen LogP contribution in [-0.2, 0) is 14.8 Å². The van der Waals surface area contributed by atoms with Crippen LogP contribution in [0.2, 0.25) is 0 Å². The van der Waals surface area contributed by atoms with Crippen LogP contribution < -0.4 is 15.4 Å². The zero-order valence-corrected chi connectivity index (χ0v) is 13.3. The first-order valence-electron chi connectivity index (χ1n) is 7.15. The van der Waals surface area contributed by atoms with Crippen molar-refractivity contribution in [3.63, 3.8) is 0 Å². The average Bonchev–Trinajstić information content (AvgIpc) is 2.47. The molecule has 1 saturated heterocycles. The fourth-order valence-electron chi connectivity index (χ4n) is 2.54. The van der Waals surface area contributed by atoms with E-state index in [0.29, 0.717) is 18.3 Å². The Morgan fingerprint density at radius 1 is 1.38 bits per heavy atom. The molecule has 0 bridgehead atoms. The van der Waals surface area contributed by atoms with E-state index in [4.69, 9.17) is 10.5 Å². The van der Waals surface area contributed by atoms with E-state index in [1.807, 2.05) is 7.05 Å². The van der Waals surface area contributed by atoms with Crippen molar-refractivity contribution in [2.45, 2.75) is 30.7 Å². The molecule has 0 unspecified atom stereocenters. The van der Waals surface area contributed by atoms with Gasteiger partial charge in [0.25, 0.3) is 0 Å². The van der Waals surface area contributed by atoms with Crippen molar-refractivity contribution in [2.75, 3.05) is 37.4 Å². The highest BCUT2D eigenvalue weighted by Gasteiger charge is 2.22. The summed E-state index contributed by atoms with van der Waals surface area (Å²) in [5.74, 6) is 0. The number of nitrogens with one attached hydrogen (secondary N) is 1. The number of nitrogens with two attached hydrogens (primary N) is 1. The Balaban J connectivity index is 2.30. The minimum absolute atomic E-state index is 0.243. The van der Waals surface area contributed by atoms with Crippen LogP contribution in [0.1, 0.15) is 19.8 Å². The third kappa shape index (κ3) is 3.66. The molecule has 1 heterocycles. The van der Waals surface area contributed by atoms with E-state index in [9.17, 15) is 8.42 Å². The maximum Gasteiger partial charge on any atom is 0.240 e. The summed E-state index contributed by atoms with van der Waals surface area (Å²) in [5.41, 5.74) is 7.36. The Labute approximate surface area is 126 Å². The van der Waals surface area contributed by atoms with Gasteiger partial charge in [-0.3, -0.25) is 0 Å². The van der Waals surface area contributed by atoms with E-state index in [-0.39, 0.29) is 4.90 Å². The van der Waals surface area contributed by atoms with Crippen LogP contribution >= 0.6 is 0 Å². The lowest BCUT2D eigenvalue weighted by molar-refractivity contribution is 0.0855. The van der Waals surface area contributed by atoms with Gasteiger partial charge in [0.15, 0.2) is 0 Å². The molecule has 0 aliphatic carbocycles. The predicted octanol–water partition coefficient (Wildman–Crippen LogP) is 1.18. The zero-order chi connectivity index (χ0) is 15.5. The Morgan fingerprint density at radius 3 is 2.67 bits per heavy atom. The molecule has 0 saturated carbocycles. The summed E-state index contributed by atoms with van der Waals surface area (Å²) >= 11 is 0. The number of benzene rings is 1. The van der Waals surface area contributed by atoms with E-state index in [1.165, 1.54) is 6.07 Å². The van der Waals surface area contributed by atoms with Crippen LogP contribution in [0.4, 0.5) is 11.4 Å². The second-order valence-electron chi connectivity index (χ2n) is 5.18. The molecule has 0 aromatic heterocycles. The quantitative estimate of drug-likeness (QED) is 0.798. The maximum absolute atomic E-state index is 12.1. The first-order chi connectivity index (χ1) is 9.95. The summed E-state index contributed by atoms with van der Waals surface area (Å²) in [6, 6.07) is 5.14. The van der Waals surface area contributed by atoms with Crippen molar-refractivity contribution in [3.8, 4) is 0 Å². The number of anilines is 2. The number of rotatable bonds is 5. The Hall–Kier alpha value is -1.31. The van der Waals surface area contributed by atoms with Crippen LogP contribution in [0.3, 0.4) is 0 Å². The van der Waals surface area contributed by atoms with Crippen LogP contribution in [0, 0.1) is 0 Å². The van der Waals surface area contributed by atoms with Crippen LogP contribution in [0.15, 0.2) is 23.1 Å². The molecule has 1 aromatic rings. The molecule has 2 rings (SSSR count). The number of nitrogens with zero attached hydrogens (tertiary/aromatic N) is 1. The molecule has 0 amide bonds. The van der Waals surface area contributed by atoms with Crippen LogP contribution in [0.25, 0.3) is 0 Å². The van der Waals surface area contributed by atoms with Gasteiger partial charge in [-0.2, -0.15) is 0 Å². The maximum atomic E-state index is 12.1. The standard InChI is InChI=1S/C14H23N3O3S/c1-3-16-21(18,19)12-4-5-13(15)14(10-12)17(2)11-6-8-20-9-7-11/h4-5,10-11,16H,3,6-9,15H2,1-2H3. The van der Waals surface area contributed by atoms with Gasteiger partial charge in [-0.25, -0.2) is 13.1 Å². The lowest BCUT2D eigenvalue weighted by Gasteiger charge is -2.33. The van der Waals surface area contributed by atoms with E-state index >= 15 is 0 Å². The normalized spacial score (nSPS) is 16.9. The predicted molar refractivity (Wildman–Crippen MR) is 84.0 cm³/mol. The molecule has 21 heavy (non-hydrogen) atoms. The molecule has 1 aliphatic rings. The zero-order valence-electron chi connectivity index (χ0n) is 12.5. The minimum atomic E-state index is -3.47. The molecule has 0 atom stereocenters. The average molecular weight is 313 g/mol.